The molecule has 0 heterocycles. The second-order valence-corrected chi connectivity index (χ2v) is 6.35. The van der Waals surface area contributed by atoms with Crippen molar-refractivity contribution >= 4 is 11.7 Å². The third-order valence-corrected chi connectivity index (χ3v) is 4.77. The summed E-state index contributed by atoms with van der Waals surface area (Å²) < 4.78 is 0. The van der Waals surface area contributed by atoms with Crippen LogP contribution in [0.3, 0.4) is 0 Å². The number of carbonyl (C=O) groups excluding carboxylic acids is 1. The predicted octanol–water partition coefficient (Wildman–Crippen LogP) is 3.02. The zero-order chi connectivity index (χ0) is 14.2. The Morgan fingerprint density at radius 3 is 2.50 bits per heavy atom. The molecule has 20 heavy (non-hydrogen) atoms. The Balaban J connectivity index is 1.54. The molecule has 0 aliphatic heterocycles. The lowest BCUT2D eigenvalue weighted by atomic mass is 9.99. The monoisotopic (exact) mass is 273 g/mol. The van der Waals surface area contributed by atoms with Crippen molar-refractivity contribution in [3.8, 4) is 0 Å². The van der Waals surface area contributed by atoms with E-state index in [0.717, 1.165) is 18.2 Å². The molecule has 0 radical (unpaired) electrons. The molecule has 108 valence electrons. The van der Waals surface area contributed by atoms with Crippen LogP contribution >= 0.6 is 0 Å². The van der Waals surface area contributed by atoms with Crippen LogP contribution in [0, 0.1) is 11.3 Å². The quantitative estimate of drug-likeness (QED) is 0.746. The molecule has 1 unspecified atom stereocenters. The molecular formula is C16H23N3O. The minimum atomic E-state index is -0.524. The molecule has 4 nitrogen and oxygen atoms in total. The standard InChI is InChI=1S/C16H23N3O/c1-11(18-10-16(8-9-16)13-4-5-13)12-2-6-14(7-3-12)19-15(17)20/h2-3,6-7,11,13,18H,4-5,8-10H2,1H3,(H3,17,19,20). The molecule has 2 saturated carbocycles. The Hall–Kier alpha value is -1.55. The summed E-state index contributed by atoms with van der Waals surface area (Å²) in [5.74, 6) is 0.990. The molecule has 1 aromatic rings. The fourth-order valence-electron chi connectivity index (χ4n) is 3.06. The van der Waals surface area contributed by atoms with Gasteiger partial charge in [0.25, 0.3) is 0 Å². The van der Waals surface area contributed by atoms with Crippen molar-refractivity contribution < 1.29 is 4.79 Å². The second kappa shape index (κ2) is 5.09. The van der Waals surface area contributed by atoms with E-state index >= 15 is 0 Å². The van der Waals surface area contributed by atoms with Gasteiger partial charge in [-0.3, -0.25) is 0 Å². The van der Waals surface area contributed by atoms with Gasteiger partial charge in [0.1, 0.15) is 0 Å². The molecule has 0 spiro atoms. The SMILES string of the molecule is CC(NCC1(C2CC2)CC1)c1ccc(NC(N)=O)cc1. The highest BCUT2D eigenvalue weighted by Gasteiger charge is 2.53. The Labute approximate surface area is 120 Å². The first-order valence-electron chi connectivity index (χ1n) is 7.49. The number of hydrogen-bond acceptors (Lipinski definition) is 2. The van der Waals surface area contributed by atoms with Gasteiger partial charge in [-0.2, -0.15) is 0 Å². The molecule has 2 fully saturated rings. The minimum absolute atomic E-state index is 0.342. The van der Waals surface area contributed by atoms with Crippen LogP contribution in [0.2, 0.25) is 0 Å². The molecule has 0 aromatic heterocycles. The highest BCUT2D eigenvalue weighted by Crippen LogP contribution is 2.60. The highest BCUT2D eigenvalue weighted by molar-refractivity contribution is 5.87. The first-order chi connectivity index (χ1) is 9.59. The second-order valence-electron chi connectivity index (χ2n) is 6.35. The first kappa shape index (κ1) is 13.4. The van der Waals surface area contributed by atoms with Gasteiger partial charge >= 0.3 is 6.03 Å². The Morgan fingerprint density at radius 1 is 1.35 bits per heavy atom. The van der Waals surface area contributed by atoms with Crippen LogP contribution in [0.4, 0.5) is 10.5 Å². The van der Waals surface area contributed by atoms with Crippen LogP contribution in [-0.4, -0.2) is 12.6 Å². The molecule has 0 saturated heterocycles. The van der Waals surface area contributed by atoms with Gasteiger partial charge in [0, 0.05) is 18.3 Å². The number of nitrogens with one attached hydrogen (secondary N) is 2. The number of anilines is 1. The smallest absolute Gasteiger partial charge is 0.316 e. The molecular weight excluding hydrogens is 250 g/mol. The lowest BCUT2D eigenvalue weighted by Gasteiger charge is -2.20. The van der Waals surface area contributed by atoms with E-state index in [0.29, 0.717) is 11.5 Å². The lowest BCUT2D eigenvalue weighted by molar-refractivity contribution is 0.259. The van der Waals surface area contributed by atoms with Gasteiger partial charge in [0.15, 0.2) is 0 Å². The molecule has 1 atom stereocenters. The van der Waals surface area contributed by atoms with Gasteiger partial charge in [-0.15, -0.1) is 0 Å². The molecule has 2 aliphatic rings. The summed E-state index contributed by atoms with van der Waals surface area (Å²) in [6.07, 6.45) is 5.67. The van der Waals surface area contributed by atoms with Crippen molar-refractivity contribution in [2.75, 3.05) is 11.9 Å². The largest absolute Gasteiger partial charge is 0.351 e. The van der Waals surface area contributed by atoms with Crippen molar-refractivity contribution in [2.24, 2.45) is 17.1 Å². The number of amides is 2. The third-order valence-electron chi connectivity index (χ3n) is 4.77. The van der Waals surface area contributed by atoms with Crippen LogP contribution in [0.1, 0.15) is 44.2 Å². The van der Waals surface area contributed by atoms with Crippen molar-refractivity contribution in [1.29, 1.82) is 0 Å². The van der Waals surface area contributed by atoms with Crippen molar-refractivity contribution in [2.45, 2.75) is 38.6 Å². The summed E-state index contributed by atoms with van der Waals surface area (Å²) >= 11 is 0. The summed E-state index contributed by atoms with van der Waals surface area (Å²) in [4.78, 5) is 10.8. The van der Waals surface area contributed by atoms with Gasteiger partial charge in [-0.05, 0) is 61.6 Å². The normalized spacial score (nSPS) is 21.2. The van der Waals surface area contributed by atoms with Gasteiger partial charge in [0.2, 0.25) is 0 Å². The Kier molecular flexibility index (Phi) is 3.42. The predicted molar refractivity (Wildman–Crippen MR) is 80.5 cm³/mol. The number of carbonyl (C=O) groups is 1. The van der Waals surface area contributed by atoms with Crippen LogP contribution < -0.4 is 16.4 Å². The average molecular weight is 273 g/mol. The fraction of sp³-hybridized carbons (Fsp3) is 0.562. The van der Waals surface area contributed by atoms with E-state index in [1.165, 1.54) is 31.2 Å². The lowest BCUT2D eigenvalue weighted by Crippen LogP contribution is -2.28. The van der Waals surface area contributed by atoms with Crippen molar-refractivity contribution in [3.05, 3.63) is 29.8 Å². The van der Waals surface area contributed by atoms with E-state index in [2.05, 4.69) is 17.6 Å². The number of urea groups is 1. The summed E-state index contributed by atoms with van der Waals surface area (Å²) in [7, 11) is 0. The molecule has 4 heteroatoms. The van der Waals surface area contributed by atoms with Crippen molar-refractivity contribution in [1.82, 2.24) is 5.32 Å². The van der Waals surface area contributed by atoms with E-state index in [9.17, 15) is 4.79 Å². The zero-order valence-electron chi connectivity index (χ0n) is 12.0. The minimum Gasteiger partial charge on any atom is -0.351 e. The zero-order valence-corrected chi connectivity index (χ0v) is 12.0. The molecule has 0 bridgehead atoms. The van der Waals surface area contributed by atoms with Crippen LogP contribution in [0.5, 0.6) is 0 Å². The summed E-state index contributed by atoms with van der Waals surface area (Å²) in [6.45, 7) is 3.33. The molecule has 4 N–H and O–H groups in total. The van der Waals surface area contributed by atoms with Crippen LogP contribution in [0.15, 0.2) is 24.3 Å². The van der Waals surface area contributed by atoms with E-state index in [1.54, 1.807) is 0 Å². The van der Waals surface area contributed by atoms with E-state index in [-0.39, 0.29) is 0 Å². The first-order valence-corrected chi connectivity index (χ1v) is 7.49. The number of benzene rings is 1. The molecule has 2 aliphatic carbocycles. The maximum atomic E-state index is 10.8. The molecule has 2 amide bonds. The van der Waals surface area contributed by atoms with E-state index < -0.39 is 6.03 Å². The van der Waals surface area contributed by atoms with Gasteiger partial charge in [-0.1, -0.05) is 12.1 Å². The number of primary amides is 1. The fourth-order valence-corrected chi connectivity index (χ4v) is 3.06. The van der Waals surface area contributed by atoms with Gasteiger partial charge in [-0.25, -0.2) is 4.79 Å². The third kappa shape index (κ3) is 2.96. The summed E-state index contributed by atoms with van der Waals surface area (Å²) in [5, 5.41) is 6.25. The summed E-state index contributed by atoms with van der Waals surface area (Å²) in [5.41, 5.74) is 7.71. The summed E-state index contributed by atoms with van der Waals surface area (Å²) in [6, 6.07) is 7.69. The number of hydrogen-bond donors (Lipinski definition) is 3. The van der Waals surface area contributed by atoms with Crippen LogP contribution in [0.25, 0.3) is 0 Å². The molecule has 3 rings (SSSR count). The highest BCUT2D eigenvalue weighted by atomic mass is 16.2. The number of nitrogens with two attached hydrogens (primary N) is 1. The maximum Gasteiger partial charge on any atom is 0.316 e. The van der Waals surface area contributed by atoms with Gasteiger partial charge in [0.05, 0.1) is 0 Å². The Bertz CT molecular complexity index is 489. The topological polar surface area (TPSA) is 67.2 Å². The van der Waals surface area contributed by atoms with Crippen molar-refractivity contribution in [3.63, 3.8) is 0 Å². The van der Waals surface area contributed by atoms with E-state index in [1.807, 2.05) is 24.3 Å². The van der Waals surface area contributed by atoms with Crippen LogP contribution in [-0.2, 0) is 0 Å². The Morgan fingerprint density at radius 2 is 2.00 bits per heavy atom. The average Bonchev–Trinajstić information content (AvgIpc) is 3.27. The van der Waals surface area contributed by atoms with Gasteiger partial charge < -0.3 is 16.4 Å². The maximum absolute atomic E-state index is 10.8. The number of rotatable bonds is 6. The molecule has 1 aromatic carbocycles. The van der Waals surface area contributed by atoms with E-state index in [4.69, 9.17) is 5.73 Å².